The molecule has 0 spiro atoms. The topological polar surface area (TPSA) is 91.4 Å². The first-order valence-electron chi connectivity index (χ1n) is 6.33. The Bertz CT molecular complexity index is 518. The largest absolute Gasteiger partial charge is 0.346 e. The van der Waals surface area contributed by atoms with E-state index in [1.165, 1.54) is 6.20 Å². The van der Waals surface area contributed by atoms with Crippen molar-refractivity contribution in [2.45, 2.75) is 12.8 Å². The molecule has 0 bridgehead atoms. The van der Waals surface area contributed by atoms with Crippen LogP contribution in [-0.2, 0) is 9.59 Å². The monoisotopic (exact) mass is 276 g/mol. The van der Waals surface area contributed by atoms with Crippen LogP contribution in [0.2, 0.25) is 0 Å². The van der Waals surface area contributed by atoms with Crippen LogP contribution >= 0.6 is 0 Å². The van der Waals surface area contributed by atoms with Crippen LogP contribution in [0.1, 0.15) is 23.3 Å². The average molecular weight is 276 g/mol. The summed E-state index contributed by atoms with van der Waals surface area (Å²) in [5.74, 6) is -1.30. The predicted octanol–water partition coefficient (Wildman–Crippen LogP) is -0.289. The van der Waals surface area contributed by atoms with Crippen molar-refractivity contribution < 1.29 is 14.4 Å². The highest BCUT2D eigenvalue weighted by molar-refractivity contribution is 5.94. The van der Waals surface area contributed by atoms with Gasteiger partial charge in [0.25, 0.3) is 5.91 Å². The molecule has 0 saturated carbocycles. The van der Waals surface area contributed by atoms with E-state index in [2.05, 4.69) is 15.8 Å². The van der Waals surface area contributed by atoms with Gasteiger partial charge in [0, 0.05) is 26.2 Å². The number of carbonyl (C=O) groups is 3. The zero-order valence-corrected chi connectivity index (χ0v) is 11.1. The van der Waals surface area contributed by atoms with E-state index < -0.39 is 11.8 Å². The maximum Gasteiger partial charge on any atom is 0.288 e. The van der Waals surface area contributed by atoms with Crippen LogP contribution in [0.3, 0.4) is 0 Å². The quantitative estimate of drug-likeness (QED) is 0.726. The van der Waals surface area contributed by atoms with Crippen molar-refractivity contribution in [3.63, 3.8) is 0 Å². The van der Waals surface area contributed by atoms with Crippen molar-refractivity contribution in [1.29, 1.82) is 0 Å². The molecule has 3 amide bonds. The number of aromatic nitrogens is 1. The fraction of sp³-hybridized carbons (Fsp3) is 0.385. The molecule has 2 N–H and O–H groups in total. The predicted molar refractivity (Wildman–Crippen MR) is 70.2 cm³/mol. The second kappa shape index (κ2) is 6.14. The van der Waals surface area contributed by atoms with Gasteiger partial charge in [-0.25, -0.2) is 0 Å². The summed E-state index contributed by atoms with van der Waals surface area (Å²) in [7, 11) is 1.71. The molecule has 1 aromatic heterocycles. The number of likely N-dealkylation sites (tertiary alicyclic amines) is 1. The summed E-state index contributed by atoms with van der Waals surface area (Å²) >= 11 is 0. The SMILES string of the molecule is CN1CCC(C(=O)NNC(=O)c2ccccn2)CC1=O. The van der Waals surface area contributed by atoms with E-state index in [1.54, 1.807) is 30.1 Å². The van der Waals surface area contributed by atoms with Crippen molar-refractivity contribution in [3.05, 3.63) is 30.1 Å². The van der Waals surface area contributed by atoms with Gasteiger partial charge in [-0.2, -0.15) is 0 Å². The Hall–Kier alpha value is -2.44. The minimum absolute atomic E-state index is 0.0625. The molecule has 7 heteroatoms. The Kier molecular flexibility index (Phi) is 4.29. The highest BCUT2D eigenvalue weighted by atomic mass is 16.2. The number of piperidine rings is 1. The van der Waals surface area contributed by atoms with E-state index in [4.69, 9.17) is 0 Å². The first-order valence-corrected chi connectivity index (χ1v) is 6.33. The van der Waals surface area contributed by atoms with Crippen LogP contribution in [0.25, 0.3) is 0 Å². The fourth-order valence-electron chi connectivity index (χ4n) is 1.95. The molecule has 2 rings (SSSR count). The molecular formula is C13H16N4O3. The first kappa shape index (κ1) is 14.0. The molecule has 1 aliphatic rings. The molecule has 1 aromatic rings. The van der Waals surface area contributed by atoms with Crippen molar-refractivity contribution in [3.8, 4) is 0 Å². The molecule has 7 nitrogen and oxygen atoms in total. The Morgan fingerprint density at radius 1 is 1.35 bits per heavy atom. The van der Waals surface area contributed by atoms with Gasteiger partial charge in [-0.05, 0) is 18.6 Å². The third-order valence-corrected chi connectivity index (χ3v) is 3.23. The van der Waals surface area contributed by atoms with Crippen LogP contribution in [-0.4, -0.2) is 41.2 Å². The van der Waals surface area contributed by atoms with E-state index in [1.807, 2.05) is 0 Å². The van der Waals surface area contributed by atoms with Crippen LogP contribution in [0, 0.1) is 5.92 Å². The van der Waals surface area contributed by atoms with Gasteiger partial charge in [-0.15, -0.1) is 0 Å². The molecule has 1 atom stereocenters. The third-order valence-electron chi connectivity index (χ3n) is 3.23. The maximum atomic E-state index is 11.9. The van der Waals surface area contributed by atoms with Gasteiger partial charge in [0.2, 0.25) is 11.8 Å². The molecule has 1 aliphatic heterocycles. The lowest BCUT2D eigenvalue weighted by Gasteiger charge is -2.27. The van der Waals surface area contributed by atoms with Gasteiger partial charge >= 0.3 is 0 Å². The molecule has 106 valence electrons. The molecule has 0 aliphatic carbocycles. The Labute approximate surface area is 116 Å². The summed E-state index contributed by atoms with van der Waals surface area (Å²) in [5, 5.41) is 0. The number of hydrazine groups is 1. The molecule has 0 aromatic carbocycles. The van der Waals surface area contributed by atoms with Crippen LogP contribution in [0.5, 0.6) is 0 Å². The van der Waals surface area contributed by atoms with Gasteiger partial charge in [0.15, 0.2) is 0 Å². The average Bonchev–Trinajstić information content (AvgIpc) is 2.48. The van der Waals surface area contributed by atoms with E-state index in [-0.39, 0.29) is 23.9 Å². The lowest BCUT2D eigenvalue weighted by molar-refractivity contribution is -0.139. The van der Waals surface area contributed by atoms with Crippen molar-refractivity contribution in [2.75, 3.05) is 13.6 Å². The summed E-state index contributed by atoms with van der Waals surface area (Å²) in [6, 6.07) is 4.92. The highest BCUT2D eigenvalue weighted by Gasteiger charge is 2.28. The van der Waals surface area contributed by atoms with E-state index in [0.717, 1.165) is 0 Å². The molecular weight excluding hydrogens is 260 g/mol. The zero-order chi connectivity index (χ0) is 14.5. The van der Waals surface area contributed by atoms with Crippen LogP contribution < -0.4 is 10.9 Å². The number of pyridine rings is 1. The van der Waals surface area contributed by atoms with Crippen LogP contribution in [0.15, 0.2) is 24.4 Å². The normalized spacial score (nSPS) is 18.6. The highest BCUT2D eigenvalue weighted by Crippen LogP contribution is 2.16. The van der Waals surface area contributed by atoms with E-state index >= 15 is 0 Å². The van der Waals surface area contributed by atoms with Crippen molar-refractivity contribution >= 4 is 17.7 Å². The van der Waals surface area contributed by atoms with Gasteiger partial charge in [-0.1, -0.05) is 6.07 Å². The Morgan fingerprint density at radius 3 is 2.80 bits per heavy atom. The summed E-state index contributed by atoms with van der Waals surface area (Å²) < 4.78 is 0. The number of rotatable bonds is 2. The first-order chi connectivity index (χ1) is 9.58. The number of carbonyl (C=O) groups excluding carboxylic acids is 3. The smallest absolute Gasteiger partial charge is 0.288 e. The minimum atomic E-state index is -0.488. The number of nitrogens with zero attached hydrogens (tertiary/aromatic N) is 2. The van der Waals surface area contributed by atoms with Crippen LogP contribution in [0.4, 0.5) is 0 Å². The third kappa shape index (κ3) is 3.31. The lowest BCUT2D eigenvalue weighted by Crippen LogP contribution is -2.48. The second-order valence-electron chi connectivity index (χ2n) is 4.66. The molecule has 2 heterocycles. The molecule has 1 fully saturated rings. The summed E-state index contributed by atoms with van der Waals surface area (Å²) in [6.07, 6.45) is 2.25. The van der Waals surface area contributed by atoms with Gasteiger partial charge in [0.05, 0.1) is 5.92 Å². The van der Waals surface area contributed by atoms with Gasteiger partial charge < -0.3 is 4.90 Å². The molecule has 0 radical (unpaired) electrons. The number of amides is 3. The number of nitrogens with one attached hydrogen (secondary N) is 2. The van der Waals surface area contributed by atoms with Crippen molar-refractivity contribution in [2.24, 2.45) is 5.92 Å². The number of hydrogen-bond donors (Lipinski definition) is 2. The lowest BCUT2D eigenvalue weighted by atomic mass is 9.96. The van der Waals surface area contributed by atoms with E-state index in [0.29, 0.717) is 13.0 Å². The Balaban J connectivity index is 1.84. The Morgan fingerprint density at radius 2 is 2.15 bits per heavy atom. The summed E-state index contributed by atoms with van der Waals surface area (Å²) in [5.41, 5.74) is 4.85. The van der Waals surface area contributed by atoms with Gasteiger partial charge in [-0.3, -0.25) is 30.2 Å². The molecule has 20 heavy (non-hydrogen) atoms. The maximum absolute atomic E-state index is 11.9. The van der Waals surface area contributed by atoms with Gasteiger partial charge in [0.1, 0.15) is 5.69 Å². The molecule has 1 saturated heterocycles. The van der Waals surface area contributed by atoms with Crippen molar-refractivity contribution in [1.82, 2.24) is 20.7 Å². The minimum Gasteiger partial charge on any atom is -0.346 e. The fourth-order valence-corrected chi connectivity index (χ4v) is 1.95. The second-order valence-corrected chi connectivity index (χ2v) is 4.66. The molecule has 1 unspecified atom stereocenters. The summed E-state index contributed by atoms with van der Waals surface area (Å²) in [4.78, 5) is 40.5. The standard InChI is InChI=1S/C13H16N4O3/c1-17-7-5-9(8-11(17)18)12(19)15-16-13(20)10-4-2-3-6-14-10/h2-4,6,9H,5,7-8H2,1H3,(H,15,19)(H,16,20). The van der Waals surface area contributed by atoms with E-state index in [9.17, 15) is 14.4 Å². The zero-order valence-electron chi connectivity index (χ0n) is 11.1. The number of hydrogen-bond acceptors (Lipinski definition) is 4. The summed E-state index contributed by atoms with van der Waals surface area (Å²) in [6.45, 7) is 0.547.